The highest BCUT2D eigenvalue weighted by molar-refractivity contribution is 5.96. The third kappa shape index (κ3) is 2.35. The standard InChI is InChI=1S/C10H15NO/c1-8(2)10(12)5-4-9-6-11(3)7-9/h8-9H,6-7H2,1-3H3. The van der Waals surface area contributed by atoms with Gasteiger partial charge in [0, 0.05) is 24.9 Å². The molecule has 0 N–H and O–H groups in total. The quantitative estimate of drug-likeness (QED) is 0.422. The van der Waals surface area contributed by atoms with Crippen molar-refractivity contribution in [1.82, 2.24) is 4.90 Å². The average molecular weight is 165 g/mol. The lowest BCUT2D eigenvalue weighted by atomic mass is 10.0. The zero-order chi connectivity index (χ0) is 9.14. The molecule has 2 nitrogen and oxygen atoms in total. The minimum Gasteiger partial charge on any atom is -0.304 e. The molecule has 0 radical (unpaired) electrons. The molecule has 1 saturated heterocycles. The van der Waals surface area contributed by atoms with Gasteiger partial charge >= 0.3 is 0 Å². The maximum absolute atomic E-state index is 11.1. The third-order valence-electron chi connectivity index (χ3n) is 1.99. The molecule has 0 spiro atoms. The van der Waals surface area contributed by atoms with Crippen LogP contribution in [0, 0.1) is 23.7 Å². The molecule has 1 rings (SSSR count). The maximum atomic E-state index is 11.1. The van der Waals surface area contributed by atoms with Gasteiger partial charge in [-0.2, -0.15) is 0 Å². The molecule has 0 aromatic carbocycles. The molecule has 0 bridgehead atoms. The van der Waals surface area contributed by atoms with Crippen LogP contribution in [0.25, 0.3) is 0 Å². The van der Waals surface area contributed by atoms with Gasteiger partial charge in [-0.05, 0) is 13.0 Å². The van der Waals surface area contributed by atoms with E-state index in [9.17, 15) is 4.79 Å². The second-order valence-electron chi connectivity index (χ2n) is 3.71. The summed E-state index contributed by atoms with van der Waals surface area (Å²) in [5, 5.41) is 0. The molecule has 0 unspecified atom stereocenters. The fraction of sp³-hybridized carbons (Fsp3) is 0.700. The number of nitrogens with zero attached hydrogens (tertiary/aromatic N) is 1. The van der Waals surface area contributed by atoms with E-state index in [1.54, 1.807) is 0 Å². The number of hydrogen-bond acceptors (Lipinski definition) is 2. The summed E-state index contributed by atoms with van der Waals surface area (Å²) in [6.07, 6.45) is 0. The molecule has 66 valence electrons. The number of carbonyl (C=O) groups is 1. The molecule has 1 heterocycles. The van der Waals surface area contributed by atoms with Crippen LogP contribution in [0.1, 0.15) is 13.8 Å². The van der Waals surface area contributed by atoms with Crippen LogP contribution >= 0.6 is 0 Å². The van der Waals surface area contributed by atoms with E-state index in [-0.39, 0.29) is 11.7 Å². The molecule has 1 aliphatic rings. The van der Waals surface area contributed by atoms with Crippen molar-refractivity contribution in [3.63, 3.8) is 0 Å². The van der Waals surface area contributed by atoms with Crippen LogP contribution in [0.3, 0.4) is 0 Å². The normalized spacial score (nSPS) is 18.3. The summed E-state index contributed by atoms with van der Waals surface area (Å²) in [5.41, 5.74) is 0. The van der Waals surface area contributed by atoms with Gasteiger partial charge in [0.2, 0.25) is 5.78 Å². The minimum atomic E-state index is 0.0512. The van der Waals surface area contributed by atoms with Gasteiger partial charge in [-0.15, -0.1) is 0 Å². The van der Waals surface area contributed by atoms with E-state index in [2.05, 4.69) is 23.8 Å². The van der Waals surface area contributed by atoms with E-state index in [4.69, 9.17) is 0 Å². The van der Waals surface area contributed by atoms with Crippen molar-refractivity contribution in [2.45, 2.75) is 13.8 Å². The zero-order valence-corrected chi connectivity index (χ0v) is 7.92. The minimum absolute atomic E-state index is 0.0512. The lowest BCUT2D eigenvalue weighted by Crippen LogP contribution is -2.42. The Kier molecular flexibility index (Phi) is 2.88. The van der Waals surface area contributed by atoms with Crippen LogP contribution < -0.4 is 0 Å². The van der Waals surface area contributed by atoms with Crippen molar-refractivity contribution < 1.29 is 4.79 Å². The lowest BCUT2D eigenvalue weighted by Gasteiger charge is -2.32. The molecule has 1 aliphatic heterocycles. The molecule has 12 heavy (non-hydrogen) atoms. The number of rotatable bonds is 1. The first kappa shape index (κ1) is 9.28. The van der Waals surface area contributed by atoms with Gasteiger partial charge in [0.05, 0.1) is 0 Å². The predicted octanol–water partition coefficient (Wildman–Crippen LogP) is 0.776. The molecular formula is C10H15NO. The largest absolute Gasteiger partial charge is 0.304 e. The fourth-order valence-electron chi connectivity index (χ4n) is 1.11. The summed E-state index contributed by atoms with van der Waals surface area (Å²) in [6.45, 7) is 5.78. The van der Waals surface area contributed by atoms with Gasteiger partial charge in [0.15, 0.2) is 0 Å². The van der Waals surface area contributed by atoms with Crippen molar-refractivity contribution in [2.75, 3.05) is 20.1 Å². The zero-order valence-electron chi connectivity index (χ0n) is 7.92. The van der Waals surface area contributed by atoms with Crippen LogP contribution in [0.5, 0.6) is 0 Å². The van der Waals surface area contributed by atoms with Crippen molar-refractivity contribution in [1.29, 1.82) is 0 Å². The Morgan fingerprint density at radius 1 is 1.50 bits per heavy atom. The summed E-state index contributed by atoms with van der Waals surface area (Å²) >= 11 is 0. The predicted molar refractivity (Wildman–Crippen MR) is 48.6 cm³/mol. The van der Waals surface area contributed by atoms with Crippen LogP contribution in [-0.2, 0) is 4.79 Å². The Morgan fingerprint density at radius 2 is 2.08 bits per heavy atom. The van der Waals surface area contributed by atoms with Gasteiger partial charge < -0.3 is 4.90 Å². The summed E-state index contributed by atoms with van der Waals surface area (Å²) in [4.78, 5) is 13.3. The monoisotopic (exact) mass is 165 g/mol. The van der Waals surface area contributed by atoms with Crippen LogP contribution in [0.4, 0.5) is 0 Å². The van der Waals surface area contributed by atoms with Gasteiger partial charge in [-0.25, -0.2) is 0 Å². The van der Waals surface area contributed by atoms with E-state index in [1.807, 2.05) is 13.8 Å². The highest BCUT2D eigenvalue weighted by Crippen LogP contribution is 2.10. The third-order valence-corrected chi connectivity index (χ3v) is 1.99. The van der Waals surface area contributed by atoms with Crippen molar-refractivity contribution in [3.8, 4) is 11.8 Å². The maximum Gasteiger partial charge on any atom is 0.207 e. The summed E-state index contributed by atoms with van der Waals surface area (Å²) in [5.74, 6) is 6.22. The van der Waals surface area contributed by atoms with Gasteiger partial charge in [-0.3, -0.25) is 4.79 Å². The highest BCUT2D eigenvalue weighted by atomic mass is 16.1. The highest BCUT2D eigenvalue weighted by Gasteiger charge is 2.20. The molecule has 0 amide bonds. The van der Waals surface area contributed by atoms with Crippen molar-refractivity contribution in [3.05, 3.63) is 0 Å². The van der Waals surface area contributed by atoms with Crippen molar-refractivity contribution >= 4 is 5.78 Å². The molecule has 0 aromatic heterocycles. The number of likely N-dealkylation sites (tertiary alicyclic amines) is 1. The van der Waals surface area contributed by atoms with Crippen molar-refractivity contribution in [2.24, 2.45) is 11.8 Å². The number of carbonyl (C=O) groups excluding carboxylic acids is 1. The summed E-state index contributed by atoms with van der Waals surface area (Å²) in [6, 6.07) is 0. The number of hydrogen-bond donors (Lipinski definition) is 0. The number of ketones is 1. The summed E-state index contributed by atoms with van der Waals surface area (Å²) < 4.78 is 0. The van der Waals surface area contributed by atoms with Gasteiger partial charge in [0.1, 0.15) is 0 Å². The first-order valence-corrected chi connectivity index (χ1v) is 4.33. The first-order valence-electron chi connectivity index (χ1n) is 4.33. The lowest BCUT2D eigenvalue weighted by molar-refractivity contribution is -0.116. The Hall–Kier alpha value is -0.810. The molecular weight excluding hydrogens is 150 g/mol. The Labute approximate surface area is 73.9 Å². The molecule has 0 aliphatic carbocycles. The molecule has 0 atom stereocenters. The molecule has 1 fully saturated rings. The SMILES string of the molecule is CC(C)C(=O)C#CC1CN(C)C1. The summed E-state index contributed by atoms with van der Waals surface area (Å²) in [7, 11) is 2.06. The van der Waals surface area contributed by atoms with E-state index >= 15 is 0 Å². The molecule has 2 heteroatoms. The van der Waals surface area contributed by atoms with E-state index < -0.39 is 0 Å². The van der Waals surface area contributed by atoms with Crippen LogP contribution in [-0.4, -0.2) is 30.8 Å². The first-order chi connectivity index (χ1) is 5.59. The van der Waals surface area contributed by atoms with Crippen LogP contribution in [0.2, 0.25) is 0 Å². The van der Waals surface area contributed by atoms with E-state index in [0.29, 0.717) is 5.92 Å². The Bertz CT molecular complexity index is 228. The van der Waals surface area contributed by atoms with E-state index in [1.165, 1.54) is 0 Å². The van der Waals surface area contributed by atoms with Gasteiger partial charge in [-0.1, -0.05) is 19.8 Å². The number of Topliss-reactive ketones (excluding diaryl/α,β-unsaturated/α-hetero) is 1. The topological polar surface area (TPSA) is 20.3 Å². The molecule has 0 saturated carbocycles. The van der Waals surface area contributed by atoms with Gasteiger partial charge in [0.25, 0.3) is 0 Å². The Morgan fingerprint density at radius 3 is 2.50 bits per heavy atom. The fourth-order valence-corrected chi connectivity index (χ4v) is 1.11. The van der Waals surface area contributed by atoms with E-state index in [0.717, 1.165) is 13.1 Å². The van der Waals surface area contributed by atoms with Crippen LogP contribution in [0.15, 0.2) is 0 Å². The Balaban J connectivity index is 2.34. The second kappa shape index (κ2) is 3.73. The smallest absolute Gasteiger partial charge is 0.207 e. The molecule has 0 aromatic rings. The average Bonchev–Trinajstić information content (AvgIpc) is 1.95. The second-order valence-corrected chi connectivity index (χ2v) is 3.71.